The maximum atomic E-state index is 12.6. The van der Waals surface area contributed by atoms with E-state index < -0.39 is 11.9 Å². The van der Waals surface area contributed by atoms with Crippen LogP contribution in [0.15, 0.2) is 42.1 Å². The van der Waals surface area contributed by atoms with Gasteiger partial charge in [-0.25, -0.2) is 4.90 Å². The largest absolute Gasteiger partial charge is 0.325 e. The molecular formula is C16H16N2O3. The average molecular weight is 284 g/mol. The minimum Gasteiger partial charge on any atom is -0.325 e. The summed E-state index contributed by atoms with van der Waals surface area (Å²) in [6, 6.07) is 8.08. The highest BCUT2D eigenvalue weighted by Gasteiger charge is 2.47. The van der Waals surface area contributed by atoms with E-state index in [1.54, 1.807) is 42.2 Å². The van der Waals surface area contributed by atoms with E-state index in [4.69, 9.17) is 0 Å². The second-order valence-corrected chi connectivity index (χ2v) is 5.18. The van der Waals surface area contributed by atoms with Crippen molar-refractivity contribution in [3.63, 3.8) is 0 Å². The Balaban J connectivity index is 2.01. The van der Waals surface area contributed by atoms with E-state index in [0.29, 0.717) is 18.5 Å². The van der Waals surface area contributed by atoms with Crippen molar-refractivity contribution in [2.24, 2.45) is 0 Å². The summed E-state index contributed by atoms with van der Waals surface area (Å²) in [7, 11) is 0. The zero-order valence-electron chi connectivity index (χ0n) is 11.8. The first kappa shape index (κ1) is 13.5. The summed E-state index contributed by atoms with van der Waals surface area (Å²) in [4.78, 5) is 40.3. The van der Waals surface area contributed by atoms with Crippen molar-refractivity contribution >= 4 is 17.7 Å². The molecule has 2 saturated heterocycles. The van der Waals surface area contributed by atoms with Crippen LogP contribution in [0.25, 0.3) is 0 Å². The molecule has 1 aromatic rings. The number of piperazine rings is 1. The lowest BCUT2D eigenvalue weighted by Crippen LogP contribution is -2.57. The first-order valence-corrected chi connectivity index (χ1v) is 7.05. The van der Waals surface area contributed by atoms with Crippen LogP contribution >= 0.6 is 0 Å². The number of benzene rings is 1. The van der Waals surface area contributed by atoms with Gasteiger partial charge in [0.1, 0.15) is 11.7 Å². The predicted octanol–water partition coefficient (Wildman–Crippen LogP) is 1.56. The van der Waals surface area contributed by atoms with Crippen LogP contribution in [0.3, 0.4) is 0 Å². The molecule has 0 unspecified atom stereocenters. The van der Waals surface area contributed by atoms with Crippen LogP contribution in [0.2, 0.25) is 0 Å². The van der Waals surface area contributed by atoms with Gasteiger partial charge in [-0.15, -0.1) is 0 Å². The first-order valence-electron chi connectivity index (χ1n) is 7.05. The van der Waals surface area contributed by atoms with Gasteiger partial charge in [-0.05, 0) is 31.9 Å². The standard InChI is InChI=1S/C16H16N2O3/c1-2-12-15(20)17-10-6-9-13(17)16(21)18(12)14(19)11-7-4-3-5-8-11/h2-5,7-8,13H,6,9-10H2,1H3/b12-2+/t13-/m0/s1. The van der Waals surface area contributed by atoms with E-state index in [-0.39, 0.29) is 17.5 Å². The number of amides is 3. The summed E-state index contributed by atoms with van der Waals surface area (Å²) < 4.78 is 0. The van der Waals surface area contributed by atoms with Gasteiger partial charge < -0.3 is 4.90 Å². The van der Waals surface area contributed by atoms with Crippen molar-refractivity contribution in [2.75, 3.05) is 6.54 Å². The molecule has 0 bridgehead atoms. The third kappa shape index (κ3) is 2.05. The van der Waals surface area contributed by atoms with Crippen LogP contribution in [0.5, 0.6) is 0 Å². The molecule has 5 nitrogen and oxygen atoms in total. The van der Waals surface area contributed by atoms with Gasteiger partial charge in [-0.2, -0.15) is 0 Å². The summed E-state index contributed by atoms with van der Waals surface area (Å²) in [6.45, 7) is 2.25. The number of rotatable bonds is 1. The molecule has 2 aliphatic rings. The number of allylic oxidation sites excluding steroid dienone is 1. The SMILES string of the molecule is C/C=C1\C(=O)N2CCC[C@H]2C(=O)N1C(=O)c1ccccc1. The second kappa shape index (κ2) is 5.16. The lowest BCUT2D eigenvalue weighted by atomic mass is 10.1. The van der Waals surface area contributed by atoms with Crippen molar-refractivity contribution in [1.29, 1.82) is 0 Å². The van der Waals surface area contributed by atoms with Gasteiger partial charge >= 0.3 is 0 Å². The molecule has 5 heteroatoms. The maximum Gasteiger partial charge on any atom is 0.271 e. The molecule has 0 aromatic heterocycles. The van der Waals surface area contributed by atoms with Gasteiger partial charge in [0, 0.05) is 12.1 Å². The smallest absolute Gasteiger partial charge is 0.271 e. The molecule has 1 atom stereocenters. The third-order valence-electron chi connectivity index (χ3n) is 3.98. The second-order valence-electron chi connectivity index (χ2n) is 5.18. The molecule has 0 spiro atoms. The van der Waals surface area contributed by atoms with Crippen LogP contribution in [0.4, 0.5) is 0 Å². The van der Waals surface area contributed by atoms with E-state index in [1.807, 2.05) is 0 Å². The van der Waals surface area contributed by atoms with E-state index in [9.17, 15) is 14.4 Å². The van der Waals surface area contributed by atoms with Crippen molar-refractivity contribution < 1.29 is 14.4 Å². The highest BCUT2D eigenvalue weighted by molar-refractivity contribution is 6.16. The molecule has 1 aromatic carbocycles. The fourth-order valence-corrected chi connectivity index (χ4v) is 2.95. The minimum absolute atomic E-state index is 0.159. The van der Waals surface area contributed by atoms with Crippen LogP contribution < -0.4 is 0 Å². The molecule has 3 amide bonds. The Bertz CT molecular complexity index is 636. The Morgan fingerprint density at radius 1 is 1.24 bits per heavy atom. The zero-order valence-corrected chi connectivity index (χ0v) is 11.8. The monoisotopic (exact) mass is 284 g/mol. The molecule has 3 rings (SSSR count). The van der Waals surface area contributed by atoms with Crippen molar-refractivity contribution in [2.45, 2.75) is 25.8 Å². The maximum absolute atomic E-state index is 12.6. The average Bonchev–Trinajstić information content (AvgIpc) is 3.01. The number of carbonyl (C=O) groups excluding carboxylic acids is 3. The van der Waals surface area contributed by atoms with Crippen LogP contribution in [-0.4, -0.2) is 40.1 Å². The summed E-state index contributed by atoms with van der Waals surface area (Å²) in [5, 5.41) is 0. The van der Waals surface area contributed by atoms with Crippen molar-refractivity contribution in [3.8, 4) is 0 Å². The number of imide groups is 1. The van der Waals surface area contributed by atoms with Crippen molar-refractivity contribution in [1.82, 2.24) is 9.80 Å². The Labute approximate surface area is 122 Å². The van der Waals surface area contributed by atoms with Gasteiger partial charge in [0.2, 0.25) is 0 Å². The topological polar surface area (TPSA) is 57.7 Å². The minimum atomic E-state index is -0.492. The molecular weight excluding hydrogens is 268 g/mol. The van der Waals surface area contributed by atoms with Crippen LogP contribution in [-0.2, 0) is 9.59 Å². The highest BCUT2D eigenvalue weighted by atomic mass is 16.2. The molecule has 2 fully saturated rings. The Morgan fingerprint density at radius 3 is 2.62 bits per heavy atom. The molecule has 0 aliphatic carbocycles. The van der Waals surface area contributed by atoms with E-state index in [0.717, 1.165) is 11.3 Å². The van der Waals surface area contributed by atoms with Gasteiger partial charge in [0.05, 0.1) is 0 Å². The van der Waals surface area contributed by atoms with Gasteiger partial charge in [0.15, 0.2) is 0 Å². The fraction of sp³-hybridized carbons (Fsp3) is 0.312. The molecule has 0 N–H and O–H groups in total. The highest BCUT2D eigenvalue weighted by Crippen LogP contribution is 2.29. The quantitative estimate of drug-likeness (QED) is 0.581. The molecule has 0 radical (unpaired) electrons. The summed E-state index contributed by atoms with van der Waals surface area (Å²) >= 11 is 0. The van der Waals surface area contributed by atoms with Gasteiger partial charge in [-0.3, -0.25) is 14.4 Å². The summed E-state index contributed by atoms with van der Waals surface area (Å²) in [6.07, 6.45) is 2.96. The predicted molar refractivity (Wildman–Crippen MR) is 76.1 cm³/mol. The van der Waals surface area contributed by atoms with E-state index in [1.165, 1.54) is 6.08 Å². The Hall–Kier alpha value is -2.43. The van der Waals surface area contributed by atoms with Crippen molar-refractivity contribution in [3.05, 3.63) is 47.7 Å². The summed E-state index contributed by atoms with van der Waals surface area (Å²) in [5.41, 5.74) is 0.566. The molecule has 2 aliphatic heterocycles. The first-order chi connectivity index (χ1) is 10.1. The molecule has 0 saturated carbocycles. The van der Waals surface area contributed by atoms with E-state index >= 15 is 0 Å². The normalized spacial score (nSPS) is 23.7. The zero-order chi connectivity index (χ0) is 15.0. The Morgan fingerprint density at radius 2 is 1.95 bits per heavy atom. The lowest BCUT2D eigenvalue weighted by Gasteiger charge is -2.36. The number of nitrogens with zero attached hydrogens (tertiary/aromatic N) is 2. The van der Waals surface area contributed by atoms with Gasteiger partial charge in [0.25, 0.3) is 17.7 Å². The van der Waals surface area contributed by atoms with Crippen LogP contribution in [0.1, 0.15) is 30.1 Å². The number of hydrogen-bond acceptors (Lipinski definition) is 3. The van der Waals surface area contributed by atoms with E-state index in [2.05, 4.69) is 0 Å². The summed E-state index contributed by atoms with van der Waals surface area (Å²) in [5.74, 6) is -0.966. The van der Waals surface area contributed by atoms with Crippen LogP contribution in [0, 0.1) is 0 Å². The fourth-order valence-electron chi connectivity index (χ4n) is 2.95. The Kier molecular flexibility index (Phi) is 3.33. The lowest BCUT2D eigenvalue weighted by molar-refractivity contribution is -0.146. The third-order valence-corrected chi connectivity index (χ3v) is 3.98. The number of fused-ring (bicyclic) bond motifs is 1. The molecule has 2 heterocycles. The molecule has 108 valence electrons. The van der Waals surface area contributed by atoms with Gasteiger partial charge in [-0.1, -0.05) is 24.3 Å². The number of carbonyl (C=O) groups is 3. The number of hydrogen-bond donors (Lipinski definition) is 0. The molecule has 21 heavy (non-hydrogen) atoms.